The number of aromatic nitrogens is 2. The van der Waals surface area contributed by atoms with E-state index >= 15 is 0 Å². The molecule has 158 valence electrons. The molecule has 0 N–H and O–H groups in total. The molecule has 1 unspecified atom stereocenters. The number of carbonyl (C=O) groups is 1. The van der Waals surface area contributed by atoms with Crippen molar-refractivity contribution in [3.8, 4) is 11.4 Å². The van der Waals surface area contributed by atoms with Gasteiger partial charge in [0, 0.05) is 17.6 Å². The molecule has 0 radical (unpaired) electrons. The maximum atomic E-state index is 13.6. The molecule has 0 saturated heterocycles. The molecular formula is C23H26N2O4S. The zero-order valence-electron chi connectivity index (χ0n) is 17.6. The Balaban J connectivity index is 1.84. The first-order valence-electron chi connectivity index (χ1n) is 10.3. The van der Waals surface area contributed by atoms with Crippen molar-refractivity contribution < 1.29 is 14.3 Å². The number of esters is 1. The van der Waals surface area contributed by atoms with E-state index in [-0.39, 0.29) is 18.2 Å². The second-order valence-corrected chi connectivity index (χ2v) is 8.93. The lowest BCUT2D eigenvalue weighted by Gasteiger charge is -2.16. The predicted molar refractivity (Wildman–Crippen MR) is 118 cm³/mol. The van der Waals surface area contributed by atoms with Gasteiger partial charge < -0.3 is 9.47 Å². The Kier molecular flexibility index (Phi) is 6.01. The average Bonchev–Trinajstić information content (AvgIpc) is 3.08. The molecule has 1 aliphatic rings. The molecule has 0 spiro atoms. The number of thiophene rings is 1. The lowest BCUT2D eigenvalue weighted by Crippen LogP contribution is -2.30. The Morgan fingerprint density at radius 2 is 2.10 bits per heavy atom. The van der Waals surface area contributed by atoms with E-state index in [2.05, 4.69) is 0 Å². The average molecular weight is 427 g/mol. The van der Waals surface area contributed by atoms with Gasteiger partial charge in [0.05, 0.1) is 12.0 Å². The minimum absolute atomic E-state index is 0.160. The van der Waals surface area contributed by atoms with Crippen molar-refractivity contribution in [1.82, 2.24) is 9.55 Å². The van der Waals surface area contributed by atoms with E-state index in [0.29, 0.717) is 17.8 Å². The van der Waals surface area contributed by atoms with Crippen LogP contribution in [-0.2, 0) is 33.7 Å². The number of aryl methyl sites for hydroxylation is 3. The Labute approximate surface area is 179 Å². The quantitative estimate of drug-likeness (QED) is 0.559. The maximum absolute atomic E-state index is 13.6. The summed E-state index contributed by atoms with van der Waals surface area (Å²) in [7, 11) is 1.56. The van der Waals surface area contributed by atoms with Crippen LogP contribution in [0.5, 0.6) is 0 Å². The summed E-state index contributed by atoms with van der Waals surface area (Å²) in [6.45, 7) is 3.89. The van der Waals surface area contributed by atoms with E-state index in [0.717, 1.165) is 47.2 Å². The summed E-state index contributed by atoms with van der Waals surface area (Å²) in [5.74, 6) is 0.0342. The van der Waals surface area contributed by atoms with Crippen LogP contribution in [0.4, 0.5) is 0 Å². The van der Waals surface area contributed by atoms with Gasteiger partial charge in [-0.15, -0.1) is 11.3 Å². The van der Waals surface area contributed by atoms with Gasteiger partial charge in [0.2, 0.25) is 0 Å². The first-order valence-corrected chi connectivity index (χ1v) is 11.1. The van der Waals surface area contributed by atoms with Gasteiger partial charge >= 0.3 is 5.97 Å². The zero-order chi connectivity index (χ0) is 21.3. The van der Waals surface area contributed by atoms with Gasteiger partial charge in [-0.05, 0) is 51.2 Å². The Morgan fingerprint density at radius 1 is 1.30 bits per heavy atom. The minimum atomic E-state index is -0.471. The van der Waals surface area contributed by atoms with Crippen LogP contribution < -0.4 is 5.56 Å². The summed E-state index contributed by atoms with van der Waals surface area (Å²) in [4.78, 5) is 33.1. The van der Waals surface area contributed by atoms with Crippen molar-refractivity contribution in [2.45, 2.75) is 52.2 Å². The zero-order valence-corrected chi connectivity index (χ0v) is 18.4. The number of carbonyl (C=O) groups excluding carboxylic acids is 1. The van der Waals surface area contributed by atoms with E-state index in [1.54, 1.807) is 25.4 Å². The van der Waals surface area contributed by atoms with E-state index in [1.165, 1.54) is 9.44 Å². The molecule has 6 nitrogen and oxygen atoms in total. The van der Waals surface area contributed by atoms with Gasteiger partial charge in [0.15, 0.2) is 0 Å². The highest BCUT2D eigenvalue weighted by molar-refractivity contribution is 7.18. The fourth-order valence-corrected chi connectivity index (χ4v) is 5.30. The maximum Gasteiger partial charge on any atom is 0.326 e. The van der Waals surface area contributed by atoms with E-state index in [1.807, 2.05) is 31.2 Å². The van der Waals surface area contributed by atoms with Crippen molar-refractivity contribution in [2.75, 3.05) is 13.7 Å². The van der Waals surface area contributed by atoms with Gasteiger partial charge in [-0.3, -0.25) is 14.2 Å². The summed E-state index contributed by atoms with van der Waals surface area (Å²) < 4.78 is 11.9. The molecule has 1 aliphatic carbocycles. The van der Waals surface area contributed by atoms with Crippen LogP contribution in [0.3, 0.4) is 0 Å². The number of rotatable bonds is 6. The second kappa shape index (κ2) is 8.70. The summed E-state index contributed by atoms with van der Waals surface area (Å²) in [6, 6.07) is 7.83. The van der Waals surface area contributed by atoms with Gasteiger partial charge in [-0.25, -0.2) is 4.98 Å². The van der Waals surface area contributed by atoms with Crippen LogP contribution in [0.1, 0.15) is 35.8 Å². The SMILES string of the molecule is COCC(C)OC(=O)Cn1c(-c2cccc(C)c2)nc2sc3c(c2c1=O)CCCC3. The lowest BCUT2D eigenvalue weighted by atomic mass is 9.97. The molecule has 3 aromatic rings. The van der Waals surface area contributed by atoms with Gasteiger partial charge in [0.1, 0.15) is 23.3 Å². The number of nitrogens with zero attached hydrogens (tertiary/aromatic N) is 2. The third-order valence-electron chi connectivity index (χ3n) is 5.37. The third-order valence-corrected chi connectivity index (χ3v) is 6.56. The summed E-state index contributed by atoms with van der Waals surface area (Å²) in [6.07, 6.45) is 3.72. The molecule has 0 amide bonds. The summed E-state index contributed by atoms with van der Waals surface area (Å²) in [5.41, 5.74) is 2.84. The first kappa shape index (κ1) is 20.8. The minimum Gasteiger partial charge on any atom is -0.459 e. The highest BCUT2D eigenvalue weighted by Gasteiger charge is 2.24. The number of methoxy groups -OCH3 is 1. The van der Waals surface area contributed by atoms with Crippen molar-refractivity contribution in [3.05, 3.63) is 50.6 Å². The molecular weight excluding hydrogens is 400 g/mol. The number of ether oxygens (including phenoxy) is 2. The molecule has 7 heteroatoms. The molecule has 1 aromatic carbocycles. The van der Waals surface area contributed by atoms with Gasteiger partial charge in [0.25, 0.3) is 5.56 Å². The molecule has 0 fully saturated rings. The smallest absolute Gasteiger partial charge is 0.326 e. The highest BCUT2D eigenvalue weighted by atomic mass is 32.1. The van der Waals surface area contributed by atoms with Crippen molar-refractivity contribution in [2.24, 2.45) is 0 Å². The van der Waals surface area contributed by atoms with Crippen molar-refractivity contribution >= 4 is 27.5 Å². The Bertz CT molecular complexity index is 1150. The normalized spacial score (nSPS) is 14.5. The van der Waals surface area contributed by atoms with E-state index in [4.69, 9.17) is 14.5 Å². The fourth-order valence-electron chi connectivity index (χ4n) is 4.05. The molecule has 2 aromatic heterocycles. The van der Waals surface area contributed by atoms with E-state index < -0.39 is 5.97 Å². The molecule has 2 heterocycles. The predicted octanol–water partition coefficient (Wildman–Crippen LogP) is 3.89. The molecule has 30 heavy (non-hydrogen) atoms. The molecule has 0 saturated carbocycles. The van der Waals surface area contributed by atoms with Crippen LogP contribution in [0.2, 0.25) is 0 Å². The molecule has 1 atom stereocenters. The number of hydrogen-bond acceptors (Lipinski definition) is 6. The van der Waals surface area contributed by atoms with Crippen molar-refractivity contribution in [1.29, 1.82) is 0 Å². The van der Waals surface area contributed by atoms with Crippen LogP contribution >= 0.6 is 11.3 Å². The van der Waals surface area contributed by atoms with Crippen LogP contribution in [0.25, 0.3) is 21.6 Å². The summed E-state index contributed by atoms with van der Waals surface area (Å²) >= 11 is 1.61. The third kappa shape index (κ3) is 4.04. The van der Waals surface area contributed by atoms with Crippen LogP contribution in [0, 0.1) is 6.92 Å². The van der Waals surface area contributed by atoms with Gasteiger partial charge in [-0.2, -0.15) is 0 Å². The molecule has 4 rings (SSSR count). The molecule has 0 bridgehead atoms. The topological polar surface area (TPSA) is 70.4 Å². The monoisotopic (exact) mass is 426 g/mol. The largest absolute Gasteiger partial charge is 0.459 e. The van der Waals surface area contributed by atoms with Crippen LogP contribution in [0.15, 0.2) is 29.1 Å². The fraction of sp³-hybridized carbons (Fsp3) is 0.435. The Morgan fingerprint density at radius 3 is 2.87 bits per heavy atom. The summed E-state index contributed by atoms with van der Waals surface area (Å²) in [5, 5.41) is 0.670. The number of benzene rings is 1. The first-order chi connectivity index (χ1) is 14.5. The lowest BCUT2D eigenvalue weighted by molar-refractivity contribution is -0.151. The highest BCUT2D eigenvalue weighted by Crippen LogP contribution is 2.34. The van der Waals surface area contributed by atoms with E-state index in [9.17, 15) is 9.59 Å². The standard InChI is InChI=1S/C23H26N2O4S/c1-14-7-6-8-16(11-14)21-24-22-20(17-9-4-5-10-18(17)30-22)23(27)25(21)12-19(26)29-15(2)13-28-3/h6-8,11,15H,4-5,9-10,12-13H2,1-3H3. The number of fused-ring (bicyclic) bond motifs is 3. The van der Waals surface area contributed by atoms with Crippen molar-refractivity contribution in [3.63, 3.8) is 0 Å². The van der Waals surface area contributed by atoms with Crippen LogP contribution in [-0.4, -0.2) is 35.3 Å². The second-order valence-electron chi connectivity index (χ2n) is 7.84. The molecule has 0 aliphatic heterocycles. The number of hydrogen-bond donors (Lipinski definition) is 0. The van der Waals surface area contributed by atoms with Gasteiger partial charge in [-0.1, -0.05) is 23.8 Å². The Hall–Kier alpha value is -2.51.